The fourth-order valence-electron chi connectivity index (χ4n) is 1.88. The van der Waals surface area contributed by atoms with Gasteiger partial charge in [-0.25, -0.2) is 18.1 Å². The normalized spacial score (nSPS) is 11.4. The second kappa shape index (κ2) is 7.08. The third-order valence-electron chi connectivity index (χ3n) is 2.96. The van der Waals surface area contributed by atoms with E-state index in [0.29, 0.717) is 12.2 Å². The van der Waals surface area contributed by atoms with Crippen molar-refractivity contribution in [1.82, 2.24) is 9.71 Å². The van der Waals surface area contributed by atoms with Gasteiger partial charge in [0, 0.05) is 30.1 Å². The zero-order valence-corrected chi connectivity index (χ0v) is 14.3. The predicted octanol–water partition coefficient (Wildman–Crippen LogP) is 1.99. The van der Waals surface area contributed by atoms with E-state index in [9.17, 15) is 8.42 Å². The average molecular weight is 342 g/mol. The SMILES string of the molecule is COc1ccc(OC)c(S(=O)(=O)NCCc2nc(C)cs2)c1. The van der Waals surface area contributed by atoms with Crippen LogP contribution < -0.4 is 14.2 Å². The number of aryl methyl sites for hydroxylation is 1. The fraction of sp³-hybridized carbons (Fsp3) is 0.357. The molecule has 0 spiro atoms. The Balaban J connectivity index is 2.12. The highest BCUT2D eigenvalue weighted by atomic mass is 32.2. The monoisotopic (exact) mass is 342 g/mol. The largest absolute Gasteiger partial charge is 0.497 e. The van der Waals surface area contributed by atoms with Crippen molar-refractivity contribution in [2.24, 2.45) is 0 Å². The van der Waals surface area contributed by atoms with Crippen LogP contribution in [-0.2, 0) is 16.4 Å². The molecule has 120 valence electrons. The Bertz CT molecular complexity index is 741. The Kier molecular flexibility index (Phi) is 5.38. The summed E-state index contributed by atoms with van der Waals surface area (Å²) in [5, 5.41) is 2.84. The van der Waals surface area contributed by atoms with Gasteiger partial charge in [-0.15, -0.1) is 11.3 Å². The van der Waals surface area contributed by atoms with Crippen LogP contribution in [0.25, 0.3) is 0 Å². The molecule has 0 radical (unpaired) electrons. The van der Waals surface area contributed by atoms with Crippen molar-refractivity contribution in [2.45, 2.75) is 18.2 Å². The lowest BCUT2D eigenvalue weighted by Crippen LogP contribution is -2.26. The number of benzene rings is 1. The van der Waals surface area contributed by atoms with Crippen molar-refractivity contribution in [1.29, 1.82) is 0 Å². The van der Waals surface area contributed by atoms with Gasteiger partial charge < -0.3 is 9.47 Å². The first kappa shape index (κ1) is 16.7. The molecular weight excluding hydrogens is 324 g/mol. The van der Waals surface area contributed by atoms with Gasteiger partial charge in [-0.3, -0.25) is 0 Å². The second-order valence-corrected chi connectivity index (χ2v) is 7.23. The summed E-state index contributed by atoms with van der Waals surface area (Å²) in [5.74, 6) is 0.732. The molecule has 1 N–H and O–H groups in total. The molecule has 1 aromatic carbocycles. The Morgan fingerprint density at radius 2 is 2.05 bits per heavy atom. The fourth-order valence-corrected chi connectivity index (χ4v) is 3.87. The summed E-state index contributed by atoms with van der Waals surface area (Å²) in [6, 6.07) is 4.66. The number of rotatable bonds is 7. The molecule has 1 aromatic heterocycles. The Morgan fingerprint density at radius 3 is 2.64 bits per heavy atom. The van der Waals surface area contributed by atoms with Crippen molar-refractivity contribution < 1.29 is 17.9 Å². The minimum absolute atomic E-state index is 0.0599. The summed E-state index contributed by atoms with van der Waals surface area (Å²) >= 11 is 1.52. The lowest BCUT2D eigenvalue weighted by molar-refractivity contribution is 0.392. The van der Waals surface area contributed by atoms with E-state index in [4.69, 9.17) is 9.47 Å². The van der Waals surface area contributed by atoms with E-state index >= 15 is 0 Å². The first-order chi connectivity index (χ1) is 10.5. The second-order valence-electron chi connectivity index (χ2n) is 4.55. The molecule has 0 saturated heterocycles. The Morgan fingerprint density at radius 1 is 1.27 bits per heavy atom. The lowest BCUT2D eigenvalue weighted by atomic mass is 10.3. The van der Waals surface area contributed by atoms with Crippen LogP contribution in [-0.4, -0.2) is 34.2 Å². The number of methoxy groups -OCH3 is 2. The van der Waals surface area contributed by atoms with Crippen LogP contribution in [0.1, 0.15) is 10.7 Å². The summed E-state index contributed by atoms with van der Waals surface area (Å²) < 4.78 is 37.6. The van der Waals surface area contributed by atoms with Crippen molar-refractivity contribution >= 4 is 21.4 Å². The summed E-state index contributed by atoms with van der Waals surface area (Å²) in [4.78, 5) is 4.36. The van der Waals surface area contributed by atoms with Crippen LogP contribution >= 0.6 is 11.3 Å². The average Bonchev–Trinajstić information content (AvgIpc) is 2.91. The first-order valence-corrected chi connectivity index (χ1v) is 8.95. The summed E-state index contributed by atoms with van der Waals surface area (Å²) in [5.41, 5.74) is 0.942. The Labute approximate surface area is 134 Å². The molecule has 6 nitrogen and oxygen atoms in total. The van der Waals surface area contributed by atoms with Crippen molar-refractivity contribution in [3.63, 3.8) is 0 Å². The van der Waals surface area contributed by atoms with Gasteiger partial charge in [-0.05, 0) is 19.1 Å². The lowest BCUT2D eigenvalue weighted by Gasteiger charge is -2.11. The van der Waals surface area contributed by atoms with Gasteiger partial charge in [0.25, 0.3) is 0 Å². The number of sulfonamides is 1. The van der Waals surface area contributed by atoms with E-state index in [-0.39, 0.29) is 17.2 Å². The number of hydrogen-bond donors (Lipinski definition) is 1. The van der Waals surface area contributed by atoms with Crippen LogP contribution in [0.2, 0.25) is 0 Å². The third kappa shape index (κ3) is 3.96. The molecule has 0 aliphatic rings. The molecule has 0 bridgehead atoms. The molecule has 0 fully saturated rings. The number of nitrogens with one attached hydrogen (secondary N) is 1. The zero-order valence-electron chi connectivity index (χ0n) is 12.6. The number of hydrogen-bond acceptors (Lipinski definition) is 6. The number of aromatic nitrogens is 1. The third-order valence-corrected chi connectivity index (χ3v) is 5.47. The molecule has 1 heterocycles. The quantitative estimate of drug-likeness (QED) is 0.832. The maximum atomic E-state index is 12.4. The smallest absolute Gasteiger partial charge is 0.244 e. The molecule has 2 rings (SSSR count). The molecule has 0 unspecified atom stereocenters. The predicted molar refractivity (Wildman–Crippen MR) is 85.3 cm³/mol. The van der Waals surface area contributed by atoms with E-state index in [0.717, 1.165) is 10.7 Å². The first-order valence-electron chi connectivity index (χ1n) is 6.59. The topological polar surface area (TPSA) is 77.5 Å². The molecule has 0 amide bonds. The summed E-state index contributed by atoms with van der Waals surface area (Å²) in [7, 11) is -0.765. The molecule has 2 aromatic rings. The van der Waals surface area contributed by atoms with Crippen LogP contribution in [0.4, 0.5) is 0 Å². The molecule has 0 atom stereocenters. The summed E-state index contributed by atoms with van der Waals surface area (Å²) in [6.07, 6.45) is 0.546. The van der Waals surface area contributed by atoms with Gasteiger partial charge in [0.05, 0.1) is 19.2 Å². The minimum atomic E-state index is -3.68. The zero-order chi connectivity index (χ0) is 16.2. The maximum Gasteiger partial charge on any atom is 0.244 e. The number of thiazole rings is 1. The molecule has 0 saturated carbocycles. The van der Waals surface area contributed by atoms with E-state index < -0.39 is 10.0 Å². The van der Waals surface area contributed by atoms with Gasteiger partial charge in [0.1, 0.15) is 16.4 Å². The number of ether oxygens (including phenoxy) is 2. The molecule has 8 heteroatoms. The van der Waals surface area contributed by atoms with Crippen molar-refractivity contribution in [3.8, 4) is 11.5 Å². The van der Waals surface area contributed by atoms with Gasteiger partial charge in [0.2, 0.25) is 10.0 Å². The highest BCUT2D eigenvalue weighted by molar-refractivity contribution is 7.89. The van der Waals surface area contributed by atoms with Crippen molar-refractivity contribution in [2.75, 3.05) is 20.8 Å². The Hall–Kier alpha value is -1.64. The minimum Gasteiger partial charge on any atom is -0.497 e. The molecular formula is C14H18N2O4S2. The molecule has 0 aliphatic carbocycles. The number of nitrogens with zero attached hydrogens (tertiary/aromatic N) is 1. The van der Waals surface area contributed by atoms with Crippen LogP contribution in [0, 0.1) is 6.92 Å². The van der Waals surface area contributed by atoms with Crippen LogP contribution in [0.3, 0.4) is 0 Å². The standard InChI is InChI=1S/C14H18N2O4S2/c1-10-9-21-14(16-10)6-7-15-22(17,18)13-8-11(19-2)4-5-12(13)20-3/h4-5,8-9,15H,6-7H2,1-3H3. The highest BCUT2D eigenvalue weighted by Crippen LogP contribution is 2.27. The van der Waals surface area contributed by atoms with E-state index in [1.807, 2.05) is 12.3 Å². The summed E-state index contributed by atoms with van der Waals surface area (Å²) in [6.45, 7) is 2.18. The van der Waals surface area contributed by atoms with Gasteiger partial charge in [-0.1, -0.05) is 0 Å². The van der Waals surface area contributed by atoms with E-state index in [2.05, 4.69) is 9.71 Å². The van der Waals surface area contributed by atoms with E-state index in [1.54, 1.807) is 12.1 Å². The van der Waals surface area contributed by atoms with Crippen LogP contribution in [0.15, 0.2) is 28.5 Å². The van der Waals surface area contributed by atoms with Crippen molar-refractivity contribution in [3.05, 3.63) is 34.3 Å². The van der Waals surface area contributed by atoms with Crippen LogP contribution in [0.5, 0.6) is 11.5 Å². The maximum absolute atomic E-state index is 12.4. The molecule has 22 heavy (non-hydrogen) atoms. The van der Waals surface area contributed by atoms with Gasteiger partial charge in [0.15, 0.2) is 0 Å². The highest BCUT2D eigenvalue weighted by Gasteiger charge is 2.20. The van der Waals surface area contributed by atoms with Gasteiger partial charge in [-0.2, -0.15) is 0 Å². The van der Waals surface area contributed by atoms with E-state index in [1.165, 1.54) is 31.6 Å². The van der Waals surface area contributed by atoms with Gasteiger partial charge >= 0.3 is 0 Å². The molecule has 0 aliphatic heterocycles.